The third-order valence-corrected chi connectivity index (χ3v) is 6.14. The van der Waals surface area contributed by atoms with Gasteiger partial charge in [-0.3, -0.25) is 0 Å². The molecule has 1 aliphatic carbocycles. The summed E-state index contributed by atoms with van der Waals surface area (Å²) in [4.78, 5) is 4.11. The van der Waals surface area contributed by atoms with Crippen molar-refractivity contribution < 1.29 is 9.31 Å². The molecule has 2 aliphatic rings. The maximum atomic E-state index is 6.12. The average molecular weight is 339 g/mol. The van der Waals surface area contributed by atoms with Crippen molar-refractivity contribution in [3.63, 3.8) is 0 Å². The van der Waals surface area contributed by atoms with E-state index in [4.69, 9.17) is 15.0 Å². The molecule has 0 spiro atoms. The van der Waals surface area contributed by atoms with Gasteiger partial charge in [0.25, 0.3) is 0 Å². The smallest absolute Gasteiger partial charge is 0.399 e. The fourth-order valence-electron chi connectivity index (χ4n) is 3.62. The first-order valence-electron chi connectivity index (χ1n) is 9.01. The van der Waals surface area contributed by atoms with Crippen molar-refractivity contribution in [2.75, 3.05) is 5.73 Å². The van der Waals surface area contributed by atoms with Crippen LogP contribution in [-0.2, 0) is 9.31 Å². The summed E-state index contributed by atoms with van der Waals surface area (Å²) in [5.74, 6) is 1.19. The predicted octanol–water partition coefficient (Wildman–Crippen LogP) is 2.88. The van der Waals surface area contributed by atoms with E-state index in [-0.39, 0.29) is 18.3 Å². The van der Waals surface area contributed by atoms with E-state index in [1.54, 1.807) is 6.20 Å². The molecule has 1 saturated heterocycles. The van der Waals surface area contributed by atoms with Gasteiger partial charge in [0.05, 0.1) is 11.2 Å². The Balaban J connectivity index is 1.41. The first-order valence-corrected chi connectivity index (χ1v) is 9.01. The van der Waals surface area contributed by atoms with Crippen molar-refractivity contribution in [2.24, 2.45) is 0 Å². The average Bonchev–Trinajstić information content (AvgIpc) is 3.00. The van der Waals surface area contributed by atoms with Gasteiger partial charge in [-0.25, -0.2) is 4.98 Å². The Morgan fingerprint density at radius 1 is 1.08 bits per heavy atom. The van der Waals surface area contributed by atoms with Crippen molar-refractivity contribution >= 4 is 18.5 Å². The molecule has 2 fully saturated rings. The van der Waals surface area contributed by atoms with E-state index < -0.39 is 0 Å². The SMILES string of the molecule is CC1(C)OB(c2ccc(C3CC(n4ccnc4N)C3)cc2)OC1(C)C. The highest BCUT2D eigenvalue weighted by molar-refractivity contribution is 6.62. The summed E-state index contributed by atoms with van der Waals surface area (Å²) in [7, 11) is -0.293. The molecule has 2 aromatic rings. The summed E-state index contributed by atoms with van der Waals surface area (Å²) in [6.07, 6.45) is 5.95. The Kier molecular flexibility index (Phi) is 3.74. The fraction of sp³-hybridized carbons (Fsp3) is 0.526. The number of aromatic nitrogens is 2. The number of nitrogens with zero attached hydrogens (tertiary/aromatic N) is 2. The van der Waals surface area contributed by atoms with Gasteiger partial charge in [0.15, 0.2) is 5.95 Å². The molecule has 0 atom stereocenters. The van der Waals surface area contributed by atoms with Crippen molar-refractivity contribution in [1.29, 1.82) is 0 Å². The Morgan fingerprint density at radius 3 is 2.20 bits per heavy atom. The molecule has 2 N–H and O–H groups in total. The van der Waals surface area contributed by atoms with Crippen molar-refractivity contribution in [1.82, 2.24) is 9.55 Å². The molecule has 6 heteroatoms. The van der Waals surface area contributed by atoms with Gasteiger partial charge in [0.2, 0.25) is 0 Å². The van der Waals surface area contributed by atoms with Crippen LogP contribution in [0.3, 0.4) is 0 Å². The van der Waals surface area contributed by atoms with Crippen molar-refractivity contribution in [2.45, 2.75) is 63.7 Å². The number of hydrogen-bond acceptors (Lipinski definition) is 4. The summed E-state index contributed by atoms with van der Waals surface area (Å²) in [6.45, 7) is 8.32. The summed E-state index contributed by atoms with van der Waals surface area (Å²) in [5.41, 5.74) is 7.74. The number of benzene rings is 1. The molecule has 4 rings (SSSR count). The lowest BCUT2D eigenvalue weighted by molar-refractivity contribution is 0.00578. The topological polar surface area (TPSA) is 62.3 Å². The fourth-order valence-corrected chi connectivity index (χ4v) is 3.62. The highest BCUT2D eigenvalue weighted by Crippen LogP contribution is 2.45. The van der Waals surface area contributed by atoms with E-state index in [1.165, 1.54) is 5.56 Å². The lowest BCUT2D eigenvalue weighted by atomic mass is 9.73. The van der Waals surface area contributed by atoms with E-state index in [0.717, 1.165) is 18.3 Å². The minimum absolute atomic E-state index is 0.293. The van der Waals surface area contributed by atoms with Gasteiger partial charge in [-0.2, -0.15) is 0 Å². The quantitative estimate of drug-likeness (QED) is 0.874. The van der Waals surface area contributed by atoms with E-state index in [0.29, 0.717) is 17.9 Å². The van der Waals surface area contributed by atoms with Crippen molar-refractivity contribution in [3.8, 4) is 0 Å². The van der Waals surface area contributed by atoms with Crippen LogP contribution in [0.15, 0.2) is 36.7 Å². The molecular weight excluding hydrogens is 313 g/mol. The highest BCUT2D eigenvalue weighted by Gasteiger charge is 2.51. The van der Waals surface area contributed by atoms with Gasteiger partial charge < -0.3 is 19.6 Å². The highest BCUT2D eigenvalue weighted by atomic mass is 16.7. The summed E-state index contributed by atoms with van der Waals surface area (Å²) in [6, 6.07) is 9.15. The second-order valence-corrected chi connectivity index (χ2v) is 8.27. The second kappa shape index (κ2) is 5.61. The number of imidazole rings is 1. The zero-order chi connectivity index (χ0) is 17.8. The molecule has 1 aliphatic heterocycles. The standard InChI is InChI=1S/C19H26BN3O2/c1-18(2)19(3,4)25-20(24-18)15-7-5-13(6-8-15)14-11-16(12-14)23-10-9-22-17(23)21/h5-10,14,16H,11-12H2,1-4H3,(H2,21,22). The molecule has 132 valence electrons. The molecule has 0 amide bonds. The Morgan fingerprint density at radius 2 is 1.68 bits per heavy atom. The van der Waals surface area contributed by atoms with Gasteiger partial charge in [-0.15, -0.1) is 0 Å². The molecule has 1 aromatic carbocycles. The molecule has 0 bridgehead atoms. The first-order chi connectivity index (χ1) is 11.8. The minimum atomic E-state index is -0.303. The van der Waals surface area contributed by atoms with Gasteiger partial charge >= 0.3 is 7.12 Å². The van der Waals surface area contributed by atoms with E-state index in [1.807, 2.05) is 6.20 Å². The lowest BCUT2D eigenvalue weighted by Gasteiger charge is -2.37. The third-order valence-electron chi connectivity index (χ3n) is 6.14. The lowest BCUT2D eigenvalue weighted by Crippen LogP contribution is -2.41. The minimum Gasteiger partial charge on any atom is -0.399 e. The van der Waals surface area contributed by atoms with Gasteiger partial charge in [-0.05, 0) is 57.5 Å². The van der Waals surface area contributed by atoms with E-state index in [9.17, 15) is 0 Å². The Hall–Kier alpha value is -1.79. The number of rotatable bonds is 3. The maximum Gasteiger partial charge on any atom is 0.494 e. The monoisotopic (exact) mass is 339 g/mol. The van der Waals surface area contributed by atoms with Crippen LogP contribution in [0.25, 0.3) is 0 Å². The normalized spacial score (nSPS) is 27.3. The second-order valence-electron chi connectivity index (χ2n) is 8.27. The van der Waals surface area contributed by atoms with Crippen LogP contribution in [0.5, 0.6) is 0 Å². The number of hydrogen-bond donors (Lipinski definition) is 1. The van der Waals surface area contributed by atoms with Crippen LogP contribution in [-0.4, -0.2) is 27.9 Å². The summed E-state index contributed by atoms with van der Waals surface area (Å²) >= 11 is 0. The van der Waals surface area contributed by atoms with Crippen molar-refractivity contribution in [3.05, 3.63) is 42.2 Å². The molecule has 5 nitrogen and oxygen atoms in total. The first kappa shape index (κ1) is 16.7. The van der Waals surface area contributed by atoms with Crippen LogP contribution in [0, 0.1) is 0 Å². The molecule has 1 saturated carbocycles. The van der Waals surface area contributed by atoms with Gasteiger partial charge in [0, 0.05) is 18.4 Å². The van der Waals surface area contributed by atoms with Gasteiger partial charge in [-0.1, -0.05) is 24.3 Å². The number of nitrogens with two attached hydrogens (primary N) is 1. The van der Waals surface area contributed by atoms with Crippen LogP contribution in [0.2, 0.25) is 0 Å². The molecule has 0 unspecified atom stereocenters. The van der Waals surface area contributed by atoms with Crippen LogP contribution in [0.4, 0.5) is 5.95 Å². The van der Waals surface area contributed by atoms with Crippen LogP contribution < -0.4 is 11.2 Å². The largest absolute Gasteiger partial charge is 0.494 e. The molecule has 0 radical (unpaired) electrons. The number of nitrogen functional groups attached to an aromatic ring is 1. The Bertz CT molecular complexity index is 747. The summed E-state index contributed by atoms with van der Waals surface area (Å²) in [5, 5.41) is 0. The van der Waals surface area contributed by atoms with Crippen LogP contribution >= 0.6 is 0 Å². The third kappa shape index (κ3) is 2.77. The summed E-state index contributed by atoms with van der Waals surface area (Å²) < 4.78 is 14.3. The predicted molar refractivity (Wildman–Crippen MR) is 99.8 cm³/mol. The Labute approximate surface area is 149 Å². The van der Waals surface area contributed by atoms with Crippen LogP contribution in [0.1, 0.15) is 58.1 Å². The zero-order valence-corrected chi connectivity index (χ0v) is 15.4. The van der Waals surface area contributed by atoms with E-state index in [2.05, 4.69) is 61.5 Å². The van der Waals surface area contributed by atoms with E-state index >= 15 is 0 Å². The van der Waals surface area contributed by atoms with Gasteiger partial charge in [0.1, 0.15) is 0 Å². The molecule has 2 heterocycles. The molecule has 1 aromatic heterocycles. The molecular formula is C19H26BN3O2. The number of anilines is 1. The zero-order valence-electron chi connectivity index (χ0n) is 15.4. The molecule has 25 heavy (non-hydrogen) atoms. The maximum absolute atomic E-state index is 6.12.